The summed E-state index contributed by atoms with van der Waals surface area (Å²) in [6.07, 6.45) is 2.56. The van der Waals surface area contributed by atoms with Crippen molar-refractivity contribution in [2.24, 2.45) is 11.8 Å². The number of allylic oxidation sites excluding steroid dienone is 1. The van der Waals surface area contributed by atoms with E-state index in [1.54, 1.807) is 45.0 Å². The van der Waals surface area contributed by atoms with Gasteiger partial charge in [0.05, 0.1) is 6.42 Å². The van der Waals surface area contributed by atoms with Crippen LogP contribution >= 0.6 is 0 Å². The van der Waals surface area contributed by atoms with E-state index < -0.39 is 54.0 Å². The predicted octanol–water partition coefficient (Wildman–Crippen LogP) is 2.70. The van der Waals surface area contributed by atoms with E-state index in [1.165, 1.54) is 19.1 Å². The lowest BCUT2D eigenvalue weighted by molar-refractivity contribution is -0.156. The molecule has 2 rings (SSSR count). The Bertz CT molecular complexity index is 1190. The maximum absolute atomic E-state index is 13.5. The van der Waals surface area contributed by atoms with Crippen molar-refractivity contribution in [3.63, 3.8) is 0 Å². The van der Waals surface area contributed by atoms with E-state index in [4.69, 9.17) is 9.47 Å². The maximum Gasteiger partial charge on any atom is 0.408 e. The Balaban J connectivity index is 2.20. The van der Waals surface area contributed by atoms with E-state index in [1.807, 2.05) is 19.9 Å². The van der Waals surface area contributed by atoms with Gasteiger partial charge in [0, 0.05) is 18.5 Å². The van der Waals surface area contributed by atoms with E-state index in [2.05, 4.69) is 21.3 Å². The average Bonchev–Trinajstić information content (AvgIpc) is 3.32. The van der Waals surface area contributed by atoms with Crippen molar-refractivity contribution in [3.8, 4) is 0 Å². The highest BCUT2D eigenvalue weighted by atomic mass is 16.6. The topological polar surface area (TPSA) is 169 Å². The number of benzene rings is 1. The molecule has 12 nitrogen and oxygen atoms in total. The molecule has 1 heterocycles. The molecule has 0 saturated carbocycles. The van der Waals surface area contributed by atoms with Crippen LogP contribution in [0.4, 0.5) is 4.79 Å². The number of nitrogens with one attached hydrogen (secondary N) is 4. The number of hydrogen-bond acceptors (Lipinski definition) is 8. The van der Waals surface area contributed by atoms with Crippen molar-refractivity contribution in [2.75, 3.05) is 6.54 Å². The van der Waals surface area contributed by atoms with Crippen LogP contribution in [0, 0.1) is 11.8 Å². The van der Waals surface area contributed by atoms with Crippen LogP contribution in [0.2, 0.25) is 0 Å². The normalized spacial score (nSPS) is 16.9. The Morgan fingerprint density at radius 3 is 2.23 bits per heavy atom. The fraction of sp³-hybridized carbons (Fsp3) is 0.562. The summed E-state index contributed by atoms with van der Waals surface area (Å²) < 4.78 is 10.6. The highest BCUT2D eigenvalue weighted by Gasteiger charge is 2.33. The Hall–Kier alpha value is -4.22. The van der Waals surface area contributed by atoms with Crippen molar-refractivity contribution >= 4 is 35.6 Å². The molecule has 0 unspecified atom stereocenters. The van der Waals surface area contributed by atoms with Crippen molar-refractivity contribution < 1.29 is 38.2 Å². The number of ketones is 1. The molecule has 4 amide bonds. The molecule has 44 heavy (non-hydrogen) atoms. The van der Waals surface area contributed by atoms with Gasteiger partial charge in [0.15, 0.2) is 5.78 Å². The number of alkyl carbamates (subject to hydrolysis) is 1. The zero-order chi connectivity index (χ0) is 32.9. The molecule has 1 saturated heterocycles. The summed E-state index contributed by atoms with van der Waals surface area (Å²) in [5.41, 5.74) is -0.0992. The number of rotatable bonds is 15. The number of esters is 1. The fourth-order valence-corrected chi connectivity index (χ4v) is 4.54. The molecule has 12 heteroatoms. The van der Waals surface area contributed by atoms with E-state index in [0.29, 0.717) is 13.0 Å². The van der Waals surface area contributed by atoms with Gasteiger partial charge in [-0.1, -0.05) is 50.3 Å². The highest BCUT2D eigenvalue weighted by molar-refractivity contribution is 5.94. The Morgan fingerprint density at radius 2 is 1.66 bits per heavy atom. The van der Waals surface area contributed by atoms with Crippen LogP contribution in [0.25, 0.3) is 0 Å². The van der Waals surface area contributed by atoms with Crippen molar-refractivity contribution in [1.29, 1.82) is 0 Å². The standard InChI is InChI=1S/C32H46N4O8/c1-20(2)16-25(29(40)34-24(13-12-21(3)37)17-23-14-15-33-28(23)39)35-30(41)26(18-27(38)44-32(4,5)6)36-31(42)43-19-22-10-8-7-9-11-22/h7-13,20,23-26H,14-19H2,1-6H3,(H,33,39)(H,34,40)(H,35,41)(H,36,42)/b13-12+/t23-,24+,25-,26-/m0/s1. The van der Waals surface area contributed by atoms with Gasteiger partial charge in [-0.3, -0.25) is 24.0 Å². The van der Waals surface area contributed by atoms with Gasteiger partial charge in [0.25, 0.3) is 0 Å². The Kier molecular flexibility index (Phi) is 14.0. The summed E-state index contributed by atoms with van der Waals surface area (Å²) in [6, 6.07) is 5.85. The van der Waals surface area contributed by atoms with Crippen LogP contribution in [0.1, 0.15) is 72.8 Å². The molecule has 1 aliphatic rings. The first kappa shape index (κ1) is 36.0. The third-order valence-corrected chi connectivity index (χ3v) is 6.54. The summed E-state index contributed by atoms with van der Waals surface area (Å²) in [7, 11) is 0. The van der Waals surface area contributed by atoms with Crippen molar-refractivity contribution in [3.05, 3.63) is 48.0 Å². The minimum atomic E-state index is -1.40. The van der Waals surface area contributed by atoms with Crippen molar-refractivity contribution in [1.82, 2.24) is 21.3 Å². The summed E-state index contributed by atoms with van der Waals surface area (Å²) >= 11 is 0. The Morgan fingerprint density at radius 1 is 1.00 bits per heavy atom. The van der Waals surface area contributed by atoms with Gasteiger partial charge in [-0.25, -0.2) is 4.79 Å². The maximum atomic E-state index is 13.5. The summed E-state index contributed by atoms with van der Waals surface area (Å²) in [4.78, 5) is 76.1. The van der Waals surface area contributed by atoms with E-state index in [0.717, 1.165) is 5.56 Å². The molecular weight excluding hydrogens is 568 g/mol. The zero-order valence-electron chi connectivity index (χ0n) is 26.4. The fourth-order valence-electron chi connectivity index (χ4n) is 4.54. The highest BCUT2D eigenvalue weighted by Crippen LogP contribution is 2.18. The molecule has 1 aromatic rings. The lowest BCUT2D eigenvalue weighted by atomic mass is 9.96. The number of hydrogen-bond donors (Lipinski definition) is 4. The third-order valence-electron chi connectivity index (χ3n) is 6.54. The predicted molar refractivity (Wildman–Crippen MR) is 163 cm³/mol. The molecular formula is C32H46N4O8. The largest absolute Gasteiger partial charge is 0.460 e. The second-order valence-electron chi connectivity index (χ2n) is 12.3. The monoisotopic (exact) mass is 614 g/mol. The van der Waals surface area contributed by atoms with Crippen LogP contribution in [0.5, 0.6) is 0 Å². The third kappa shape index (κ3) is 13.8. The second-order valence-corrected chi connectivity index (χ2v) is 12.3. The second kappa shape index (κ2) is 17.2. The molecule has 4 atom stereocenters. The number of carbonyl (C=O) groups is 6. The van der Waals surface area contributed by atoms with Gasteiger partial charge < -0.3 is 30.7 Å². The first-order valence-electron chi connectivity index (χ1n) is 14.9. The van der Waals surface area contributed by atoms with Gasteiger partial charge in [-0.2, -0.15) is 0 Å². The van der Waals surface area contributed by atoms with E-state index >= 15 is 0 Å². The lowest BCUT2D eigenvalue weighted by Gasteiger charge is -2.26. The molecule has 0 bridgehead atoms. The first-order valence-corrected chi connectivity index (χ1v) is 14.9. The molecule has 1 aromatic carbocycles. The van der Waals surface area contributed by atoms with Crippen molar-refractivity contribution in [2.45, 2.75) is 97.6 Å². The smallest absolute Gasteiger partial charge is 0.408 e. The first-order chi connectivity index (χ1) is 20.6. The van der Waals surface area contributed by atoms with E-state index in [-0.39, 0.29) is 43.0 Å². The minimum absolute atomic E-state index is 0.0222. The van der Waals surface area contributed by atoms with Crippen LogP contribution in [0.3, 0.4) is 0 Å². The van der Waals surface area contributed by atoms with Gasteiger partial charge in [0.2, 0.25) is 17.7 Å². The van der Waals surface area contributed by atoms with Gasteiger partial charge in [0.1, 0.15) is 24.3 Å². The number of amides is 4. The Labute approximate surface area is 259 Å². The number of carbonyl (C=O) groups excluding carboxylic acids is 6. The molecule has 0 aromatic heterocycles. The minimum Gasteiger partial charge on any atom is -0.460 e. The molecule has 0 aliphatic carbocycles. The lowest BCUT2D eigenvalue weighted by Crippen LogP contribution is -2.55. The summed E-state index contributed by atoms with van der Waals surface area (Å²) in [5, 5.41) is 10.7. The average molecular weight is 615 g/mol. The molecule has 0 radical (unpaired) electrons. The van der Waals surface area contributed by atoms with Gasteiger partial charge in [-0.15, -0.1) is 0 Å². The van der Waals surface area contributed by atoms with Crippen LogP contribution < -0.4 is 21.3 Å². The summed E-state index contributed by atoms with van der Waals surface area (Å²) in [6.45, 7) is 10.6. The molecule has 1 fully saturated rings. The van der Waals surface area contributed by atoms with Crippen LogP contribution in [-0.2, 0) is 40.1 Å². The molecule has 242 valence electrons. The molecule has 1 aliphatic heterocycles. The SMILES string of the molecule is CC(=O)/C=C/[C@H](C[C@@H]1CCNC1=O)NC(=O)[C@H](CC(C)C)NC(=O)[C@H](CC(=O)OC(C)(C)C)NC(=O)OCc1ccccc1. The van der Waals surface area contributed by atoms with Gasteiger partial charge >= 0.3 is 12.1 Å². The van der Waals surface area contributed by atoms with Gasteiger partial charge in [-0.05, 0) is 64.5 Å². The summed E-state index contributed by atoms with van der Waals surface area (Å²) in [5.74, 6) is -2.74. The zero-order valence-corrected chi connectivity index (χ0v) is 26.4. The number of ether oxygens (including phenoxy) is 2. The molecule has 0 spiro atoms. The van der Waals surface area contributed by atoms with E-state index in [9.17, 15) is 28.8 Å². The quantitative estimate of drug-likeness (QED) is 0.173. The van der Waals surface area contributed by atoms with Crippen LogP contribution in [0.15, 0.2) is 42.5 Å². The van der Waals surface area contributed by atoms with Crippen LogP contribution in [-0.4, -0.2) is 65.8 Å². The molecule has 4 N–H and O–H groups in total.